The molecule has 1 atom stereocenters. The number of piperazine rings is 1. The summed E-state index contributed by atoms with van der Waals surface area (Å²) in [7, 11) is 1.55. The number of amides is 2. The molecule has 1 fully saturated rings. The largest absolute Gasteiger partial charge is 0.497 e. The summed E-state index contributed by atoms with van der Waals surface area (Å²) in [6.07, 6.45) is -0.0784. The van der Waals surface area contributed by atoms with E-state index in [1.165, 1.54) is 0 Å². The maximum absolute atomic E-state index is 12.4. The van der Waals surface area contributed by atoms with Crippen LogP contribution in [-0.4, -0.2) is 62.1 Å². The van der Waals surface area contributed by atoms with E-state index in [0.29, 0.717) is 31.1 Å². The quantitative estimate of drug-likeness (QED) is 0.657. The number of hydrogen-bond acceptors (Lipinski definition) is 6. The lowest BCUT2D eigenvalue weighted by Crippen LogP contribution is -2.57. The van der Waals surface area contributed by atoms with E-state index in [-0.39, 0.29) is 30.7 Å². The monoisotopic (exact) mass is 377 g/mol. The summed E-state index contributed by atoms with van der Waals surface area (Å²) in [5.74, 6) is -0.116. The van der Waals surface area contributed by atoms with Gasteiger partial charge in [-0.3, -0.25) is 19.3 Å². The van der Waals surface area contributed by atoms with Crippen molar-refractivity contribution in [1.29, 1.82) is 0 Å². The van der Waals surface area contributed by atoms with Crippen molar-refractivity contribution in [2.45, 2.75) is 26.3 Å². The number of carbonyl (C=O) groups is 3. The minimum absolute atomic E-state index is 0.00670. The van der Waals surface area contributed by atoms with Crippen LogP contribution >= 0.6 is 0 Å². The number of methoxy groups -OCH3 is 1. The lowest BCUT2D eigenvalue weighted by molar-refractivity contribution is -0.149. The molecular formula is C19H27N3O5. The standard InChI is InChI=1S/C19H27N3O5/c1-13(2)12-27-18(24)10-16-19(25)20-7-8-22(16)11-17(23)21-14-5-4-6-15(9-14)26-3/h4-6,9,13,16H,7-8,10-12H2,1-3H3,(H,20,25)(H,21,23). The molecule has 0 spiro atoms. The van der Waals surface area contributed by atoms with Crippen LogP contribution in [0.1, 0.15) is 20.3 Å². The van der Waals surface area contributed by atoms with E-state index in [1.54, 1.807) is 36.3 Å². The molecule has 1 heterocycles. The molecule has 0 aromatic heterocycles. The van der Waals surface area contributed by atoms with Crippen molar-refractivity contribution in [3.8, 4) is 5.75 Å². The molecular weight excluding hydrogens is 350 g/mol. The van der Waals surface area contributed by atoms with Crippen LogP contribution in [0.2, 0.25) is 0 Å². The zero-order valence-electron chi connectivity index (χ0n) is 16.0. The third-order valence-corrected chi connectivity index (χ3v) is 4.08. The van der Waals surface area contributed by atoms with E-state index in [9.17, 15) is 14.4 Å². The Labute approximate surface area is 159 Å². The van der Waals surface area contributed by atoms with E-state index in [0.717, 1.165) is 0 Å². The second-order valence-corrected chi connectivity index (χ2v) is 6.84. The van der Waals surface area contributed by atoms with Crippen LogP contribution in [0.3, 0.4) is 0 Å². The van der Waals surface area contributed by atoms with E-state index < -0.39 is 12.0 Å². The third-order valence-electron chi connectivity index (χ3n) is 4.08. The van der Waals surface area contributed by atoms with Crippen LogP contribution in [0.25, 0.3) is 0 Å². The van der Waals surface area contributed by atoms with Gasteiger partial charge in [0.15, 0.2) is 0 Å². The molecule has 2 N–H and O–H groups in total. The smallest absolute Gasteiger partial charge is 0.307 e. The molecule has 1 aromatic rings. The molecule has 27 heavy (non-hydrogen) atoms. The highest BCUT2D eigenvalue weighted by Gasteiger charge is 2.33. The number of carbonyl (C=O) groups excluding carboxylic acids is 3. The first-order chi connectivity index (χ1) is 12.9. The molecule has 1 unspecified atom stereocenters. The molecule has 8 heteroatoms. The van der Waals surface area contributed by atoms with Crippen LogP contribution in [0.15, 0.2) is 24.3 Å². The number of anilines is 1. The summed E-state index contributed by atoms with van der Waals surface area (Å²) in [6, 6.07) is 6.31. The Hall–Kier alpha value is -2.61. The predicted molar refractivity (Wildman–Crippen MR) is 100 cm³/mol. The van der Waals surface area contributed by atoms with Gasteiger partial charge < -0.3 is 20.1 Å². The van der Waals surface area contributed by atoms with E-state index >= 15 is 0 Å². The van der Waals surface area contributed by atoms with Gasteiger partial charge in [-0.15, -0.1) is 0 Å². The maximum Gasteiger partial charge on any atom is 0.307 e. The van der Waals surface area contributed by atoms with Crippen LogP contribution in [0.5, 0.6) is 5.75 Å². The Bertz CT molecular complexity index is 677. The molecule has 8 nitrogen and oxygen atoms in total. The molecule has 0 radical (unpaired) electrons. The minimum atomic E-state index is -0.713. The average Bonchev–Trinajstić information content (AvgIpc) is 2.63. The van der Waals surface area contributed by atoms with Gasteiger partial charge in [0.2, 0.25) is 11.8 Å². The zero-order valence-corrected chi connectivity index (χ0v) is 16.0. The summed E-state index contributed by atoms with van der Waals surface area (Å²) in [5.41, 5.74) is 0.605. The third kappa shape index (κ3) is 6.56. The minimum Gasteiger partial charge on any atom is -0.497 e. The van der Waals surface area contributed by atoms with Crippen LogP contribution in [0.4, 0.5) is 5.69 Å². The van der Waals surface area contributed by atoms with Gasteiger partial charge in [0, 0.05) is 24.8 Å². The Morgan fingerprint density at radius 1 is 1.37 bits per heavy atom. The predicted octanol–water partition coefficient (Wildman–Crippen LogP) is 1.02. The normalized spacial score (nSPS) is 17.3. The first-order valence-electron chi connectivity index (χ1n) is 9.00. The second-order valence-electron chi connectivity index (χ2n) is 6.84. The van der Waals surface area contributed by atoms with Gasteiger partial charge in [-0.2, -0.15) is 0 Å². The number of esters is 1. The van der Waals surface area contributed by atoms with Crippen molar-refractivity contribution in [2.75, 3.05) is 38.7 Å². The molecule has 0 bridgehead atoms. The van der Waals surface area contributed by atoms with E-state index in [4.69, 9.17) is 9.47 Å². The van der Waals surface area contributed by atoms with Gasteiger partial charge in [-0.1, -0.05) is 19.9 Å². The highest BCUT2D eigenvalue weighted by molar-refractivity contribution is 5.93. The summed E-state index contributed by atoms with van der Waals surface area (Å²) in [6.45, 7) is 5.12. The molecule has 1 saturated heterocycles. The fourth-order valence-corrected chi connectivity index (χ4v) is 2.74. The van der Waals surface area contributed by atoms with Crippen molar-refractivity contribution in [2.24, 2.45) is 5.92 Å². The Kier molecular flexibility index (Phi) is 7.60. The number of hydrogen-bond donors (Lipinski definition) is 2. The van der Waals surface area contributed by atoms with Crippen LogP contribution in [0, 0.1) is 5.92 Å². The second kappa shape index (κ2) is 9.91. The van der Waals surface area contributed by atoms with E-state index in [1.807, 2.05) is 13.8 Å². The average molecular weight is 377 g/mol. The molecule has 2 amide bonds. The Morgan fingerprint density at radius 2 is 2.15 bits per heavy atom. The topological polar surface area (TPSA) is 97.0 Å². The number of benzene rings is 1. The maximum atomic E-state index is 12.4. The summed E-state index contributed by atoms with van der Waals surface area (Å²) >= 11 is 0. The molecule has 2 rings (SSSR count). The SMILES string of the molecule is COc1cccc(NC(=O)CN2CCNC(=O)C2CC(=O)OCC(C)C)c1. The van der Waals surface area contributed by atoms with Crippen molar-refractivity contribution in [3.63, 3.8) is 0 Å². The van der Waals surface area contributed by atoms with Crippen molar-refractivity contribution < 1.29 is 23.9 Å². The first-order valence-corrected chi connectivity index (χ1v) is 9.00. The van der Waals surface area contributed by atoms with Gasteiger partial charge in [0.25, 0.3) is 0 Å². The Balaban J connectivity index is 1.95. The molecule has 0 saturated carbocycles. The molecule has 1 aliphatic heterocycles. The zero-order chi connectivity index (χ0) is 19.8. The number of ether oxygens (including phenoxy) is 2. The highest BCUT2D eigenvalue weighted by Crippen LogP contribution is 2.17. The lowest BCUT2D eigenvalue weighted by atomic mass is 10.1. The van der Waals surface area contributed by atoms with Gasteiger partial charge in [-0.25, -0.2) is 0 Å². The fourth-order valence-electron chi connectivity index (χ4n) is 2.74. The fraction of sp³-hybridized carbons (Fsp3) is 0.526. The highest BCUT2D eigenvalue weighted by atomic mass is 16.5. The summed E-state index contributed by atoms with van der Waals surface area (Å²) in [4.78, 5) is 38.3. The van der Waals surface area contributed by atoms with E-state index in [2.05, 4.69) is 10.6 Å². The van der Waals surface area contributed by atoms with Crippen molar-refractivity contribution in [1.82, 2.24) is 10.2 Å². The van der Waals surface area contributed by atoms with Gasteiger partial charge in [0.1, 0.15) is 11.8 Å². The molecule has 1 aliphatic rings. The first kappa shape index (κ1) is 20.7. The molecule has 148 valence electrons. The number of nitrogens with one attached hydrogen (secondary N) is 2. The van der Waals surface area contributed by atoms with Crippen LogP contribution < -0.4 is 15.4 Å². The summed E-state index contributed by atoms with van der Waals surface area (Å²) in [5, 5.41) is 5.52. The van der Waals surface area contributed by atoms with Crippen LogP contribution in [-0.2, 0) is 19.1 Å². The van der Waals surface area contributed by atoms with Gasteiger partial charge >= 0.3 is 5.97 Å². The van der Waals surface area contributed by atoms with Crippen molar-refractivity contribution >= 4 is 23.5 Å². The van der Waals surface area contributed by atoms with Gasteiger partial charge in [0.05, 0.1) is 26.7 Å². The lowest BCUT2D eigenvalue weighted by Gasteiger charge is -2.33. The molecule has 1 aromatic carbocycles. The van der Waals surface area contributed by atoms with Crippen molar-refractivity contribution in [3.05, 3.63) is 24.3 Å². The summed E-state index contributed by atoms with van der Waals surface area (Å²) < 4.78 is 10.3. The Morgan fingerprint density at radius 3 is 2.85 bits per heavy atom. The number of rotatable bonds is 8. The number of nitrogens with zero attached hydrogens (tertiary/aromatic N) is 1. The van der Waals surface area contributed by atoms with Gasteiger partial charge in [-0.05, 0) is 18.1 Å². The molecule has 0 aliphatic carbocycles.